The van der Waals surface area contributed by atoms with Gasteiger partial charge in [0.2, 0.25) is 0 Å². The number of ether oxygens (including phenoxy) is 1. The number of guanidine groups is 1. The van der Waals surface area contributed by atoms with E-state index in [0.29, 0.717) is 13.1 Å². The number of benzene rings is 1. The van der Waals surface area contributed by atoms with Gasteiger partial charge in [0.25, 0.3) is 0 Å². The average molecular weight is 500 g/mol. The SMILES string of the molecule is CCNC(=NCc1c(CC)noc1CC)NCC(C)Oc1ccc(C)cc1.I. The van der Waals surface area contributed by atoms with Crippen molar-refractivity contribution in [1.29, 1.82) is 0 Å². The smallest absolute Gasteiger partial charge is 0.191 e. The first-order valence-electron chi connectivity index (χ1n) is 9.79. The van der Waals surface area contributed by atoms with Gasteiger partial charge in [0.1, 0.15) is 17.6 Å². The number of nitrogens with one attached hydrogen (secondary N) is 2. The van der Waals surface area contributed by atoms with E-state index < -0.39 is 0 Å². The molecule has 2 aromatic rings. The van der Waals surface area contributed by atoms with Gasteiger partial charge in [0.05, 0.1) is 18.8 Å². The molecule has 1 aromatic carbocycles. The first-order chi connectivity index (χ1) is 13.1. The first-order valence-corrected chi connectivity index (χ1v) is 9.79. The number of aryl methyl sites for hydroxylation is 3. The highest BCUT2D eigenvalue weighted by molar-refractivity contribution is 14.0. The Bertz CT molecular complexity index is 707. The molecule has 0 radical (unpaired) electrons. The Kier molecular flexibility index (Phi) is 11.0. The van der Waals surface area contributed by atoms with Gasteiger partial charge < -0.3 is 19.9 Å². The molecule has 0 bridgehead atoms. The second-order valence-electron chi connectivity index (χ2n) is 6.56. The Hall–Kier alpha value is -1.77. The largest absolute Gasteiger partial charge is 0.489 e. The zero-order valence-electron chi connectivity index (χ0n) is 17.5. The van der Waals surface area contributed by atoms with E-state index in [2.05, 4.69) is 55.6 Å². The number of nitrogens with zero attached hydrogens (tertiary/aromatic N) is 2. The summed E-state index contributed by atoms with van der Waals surface area (Å²) in [5.74, 6) is 2.56. The normalized spacial score (nSPS) is 12.2. The minimum atomic E-state index is 0. The van der Waals surface area contributed by atoms with Crippen LogP contribution in [0.4, 0.5) is 0 Å². The Balaban J connectivity index is 0.00000392. The summed E-state index contributed by atoms with van der Waals surface area (Å²) >= 11 is 0. The Labute approximate surface area is 185 Å². The van der Waals surface area contributed by atoms with Gasteiger partial charge in [-0.3, -0.25) is 0 Å². The fourth-order valence-corrected chi connectivity index (χ4v) is 2.75. The van der Waals surface area contributed by atoms with Crippen LogP contribution >= 0.6 is 24.0 Å². The van der Waals surface area contributed by atoms with Gasteiger partial charge in [0.15, 0.2) is 5.96 Å². The van der Waals surface area contributed by atoms with Crippen molar-refractivity contribution >= 4 is 29.9 Å². The van der Waals surface area contributed by atoms with E-state index in [0.717, 1.165) is 48.1 Å². The third kappa shape index (κ3) is 7.33. The van der Waals surface area contributed by atoms with Crippen LogP contribution in [0.1, 0.15) is 50.3 Å². The monoisotopic (exact) mass is 500 g/mol. The minimum Gasteiger partial charge on any atom is -0.489 e. The second kappa shape index (κ2) is 12.6. The highest BCUT2D eigenvalue weighted by Gasteiger charge is 2.13. The highest BCUT2D eigenvalue weighted by Crippen LogP contribution is 2.17. The maximum Gasteiger partial charge on any atom is 0.191 e. The number of aromatic nitrogens is 1. The molecule has 7 heteroatoms. The lowest BCUT2D eigenvalue weighted by atomic mass is 10.1. The molecule has 6 nitrogen and oxygen atoms in total. The fourth-order valence-electron chi connectivity index (χ4n) is 2.75. The fraction of sp³-hybridized carbons (Fsp3) is 0.524. The number of hydrogen-bond acceptors (Lipinski definition) is 4. The van der Waals surface area contributed by atoms with Crippen LogP contribution in [-0.4, -0.2) is 30.3 Å². The molecule has 0 aliphatic carbocycles. The van der Waals surface area contributed by atoms with E-state index in [9.17, 15) is 0 Å². The van der Waals surface area contributed by atoms with Gasteiger partial charge in [-0.05, 0) is 39.3 Å². The van der Waals surface area contributed by atoms with Crippen molar-refractivity contribution in [2.45, 2.75) is 60.1 Å². The van der Waals surface area contributed by atoms with Crippen molar-refractivity contribution in [2.75, 3.05) is 13.1 Å². The number of aliphatic imine (C=N–C) groups is 1. The zero-order valence-corrected chi connectivity index (χ0v) is 19.9. The summed E-state index contributed by atoms with van der Waals surface area (Å²) in [5.41, 5.74) is 3.31. The topological polar surface area (TPSA) is 71.7 Å². The maximum absolute atomic E-state index is 5.95. The van der Waals surface area contributed by atoms with Crippen LogP contribution in [0.2, 0.25) is 0 Å². The van der Waals surface area contributed by atoms with Crippen LogP contribution < -0.4 is 15.4 Å². The van der Waals surface area contributed by atoms with Crippen molar-refractivity contribution in [3.8, 4) is 5.75 Å². The van der Waals surface area contributed by atoms with Crippen LogP contribution in [0, 0.1) is 6.92 Å². The summed E-state index contributed by atoms with van der Waals surface area (Å²) in [6.45, 7) is 12.3. The van der Waals surface area contributed by atoms with Gasteiger partial charge in [-0.15, -0.1) is 24.0 Å². The number of rotatable bonds is 9. The molecular weight excluding hydrogens is 467 g/mol. The van der Waals surface area contributed by atoms with Crippen LogP contribution in [0.3, 0.4) is 0 Å². The van der Waals surface area contributed by atoms with E-state index in [4.69, 9.17) is 14.3 Å². The zero-order chi connectivity index (χ0) is 19.6. The predicted molar refractivity (Wildman–Crippen MR) is 125 cm³/mol. The van der Waals surface area contributed by atoms with Crippen molar-refractivity contribution in [3.05, 3.63) is 46.8 Å². The van der Waals surface area contributed by atoms with Crippen LogP contribution in [0.5, 0.6) is 5.75 Å². The van der Waals surface area contributed by atoms with Crippen molar-refractivity contribution in [1.82, 2.24) is 15.8 Å². The van der Waals surface area contributed by atoms with Crippen LogP contribution in [0.25, 0.3) is 0 Å². The molecule has 1 unspecified atom stereocenters. The van der Waals surface area contributed by atoms with Crippen LogP contribution in [-0.2, 0) is 19.4 Å². The average Bonchev–Trinajstić information content (AvgIpc) is 3.07. The molecular formula is C21H33IN4O2. The third-order valence-corrected chi connectivity index (χ3v) is 4.26. The second-order valence-corrected chi connectivity index (χ2v) is 6.56. The first kappa shape index (κ1) is 24.3. The molecule has 0 saturated carbocycles. The maximum atomic E-state index is 5.95. The van der Waals surface area contributed by atoms with Gasteiger partial charge in [-0.2, -0.15) is 0 Å². The lowest BCUT2D eigenvalue weighted by Gasteiger charge is -2.18. The number of hydrogen-bond donors (Lipinski definition) is 2. The van der Waals surface area contributed by atoms with Crippen molar-refractivity contribution < 1.29 is 9.26 Å². The van der Waals surface area contributed by atoms with Gasteiger partial charge in [-0.25, -0.2) is 4.99 Å². The summed E-state index contributed by atoms with van der Waals surface area (Å²) in [4.78, 5) is 4.70. The molecule has 1 heterocycles. The van der Waals surface area contributed by atoms with E-state index >= 15 is 0 Å². The van der Waals surface area contributed by atoms with E-state index in [-0.39, 0.29) is 30.1 Å². The molecule has 0 saturated heterocycles. The molecule has 0 aliphatic rings. The van der Waals surface area contributed by atoms with Crippen molar-refractivity contribution in [3.63, 3.8) is 0 Å². The summed E-state index contributed by atoms with van der Waals surface area (Å²) in [6, 6.07) is 8.10. The summed E-state index contributed by atoms with van der Waals surface area (Å²) < 4.78 is 11.4. The molecule has 2 rings (SSSR count). The number of halogens is 1. The molecule has 0 spiro atoms. The van der Waals surface area contributed by atoms with Gasteiger partial charge in [-0.1, -0.05) is 36.7 Å². The third-order valence-electron chi connectivity index (χ3n) is 4.26. The summed E-state index contributed by atoms with van der Waals surface area (Å²) in [7, 11) is 0. The summed E-state index contributed by atoms with van der Waals surface area (Å²) in [6.07, 6.45) is 1.69. The van der Waals surface area contributed by atoms with E-state index in [1.807, 2.05) is 19.1 Å². The molecule has 1 aromatic heterocycles. The standard InChI is InChI=1S/C21H32N4O2.HI/c1-6-19-18(20(7-2)27-25-19)14-24-21(22-8-3)23-13-16(5)26-17-11-9-15(4)10-12-17;/h9-12,16H,6-8,13-14H2,1-5H3,(H2,22,23,24);1H. The Morgan fingerprint density at radius 2 is 1.86 bits per heavy atom. The lowest BCUT2D eigenvalue weighted by molar-refractivity contribution is 0.224. The molecule has 0 aliphatic heterocycles. The van der Waals surface area contributed by atoms with E-state index in [1.165, 1.54) is 5.56 Å². The Morgan fingerprint density at radius 3 is 2.46 bits per heavy atom. The molecule has 2 N–H and O–H groups in total. The van der Waals surface area contributed by atoms with Gasteiger partial charge >= 0.3 is 0 Å². The van der Waals surface area contributed by atoms with Crippen LogP contribution in [0.15, 0.2) is 33.8 Å². The summed E-state index contributed by atoms with van der Waals surface area (Å²) in [5, 5.41) is 10.8. The molecule has 156 valence electrons. The molecule has 28 heavy (non-hydrogen) atoms. The molecule has 0 fully saturated rings. The highest BCUT2D eigenvalue weighted by atomic mass is 127. The predicted octanol–water partition coefficient (Wildman–Crippen LogP) is 4.25. The Morgan fingerprint density at radius 1 is 1.14 bits per heavy atom. The molecule has 1 atom stereocenters. The van der Waals surface area contributed by atoms with E-state index in [1.54, 1.807) is 0 Å². The molecule has 0 amide bonds. The minimum absolute atomic E-state index is 0. The quantitative estimate of drug-likeness (QED) is 0.306. The lowest BCUT2D eigenvalue weighted by Crippen LogP contribution is -2.41. The van der Waals surface area contributed by atoms with Crippen molar-refractivity contribution in [2.24, 2.45) is 4.99 Å². The van der Waals surface area contributed by atoms with Gasteiger partial charge in [0, 0.05) is 18.5 Å².